The van der Waals surface area contributed by atoms with Crippen molar-refractivity contribution in [3.63, 3.8) is 0 Å². The largest absolute Gasteiger partial charge is 0.443 e. The zero-order chi connectivity index (χ0) is 19.7. The van der Waals surface area contributed by atoms with Gasteiger partial charge in [-0.25, -0.2) is 4.79 Å². The molecule has 2 aromatic carbocycles. The molecule has 0 aromatic heterocycles. The van der Waals surface area contributed by atoms with E-state index in [0.717, 1.165) is 18.5 Å². The van der Waals surface area contributed by atoms with Crippen molar-refractivity contribution in [3.05, 3.63) is 60.7 Å². The van der Waals surface area contributed by atoms with Crippen LogP contribution in [0.5, 0.6) is 0 Å². The van der Waals surface area contributed by atoms with Gasteiger partial charge in [-0.2, -0.15) is 0 Å². The minimum Gasteiger partial charge on any atom is -0.443 e. The van der Waals surface area contributed by atoms with Crippen LogP contribution in [0.1, 0.15) is 12.8 Å². The summed E-state index contributed by atoms with van der Waals surface area (Å²) in [5.41, 5.74) is 1.41. The maximum atomic E-state index is 13.4. The van der Waals surface area contributed by atoms with E-state index in [-0.39, 0.29) is 47.8 Å². The van der Waals surface area contributed by atoms with Gasteiger partial charge in [-0.3, -0.25) is 19.4 Å². The lowest BCUT2D eigenvalue weighted by molar-refractivity contribution is -0.136. The Morgan fingerprint density at radius 2 is 1.28 bits per heavy atom. The number of hydrogen-bond donors (Lipinski definition) is 0. The highest BCUT2D eigenvalue weighted by Crippen LogP contribution is 2.57. The summed E-state index contributed by atoms with van der Waals surface area (Å²) in [7, 11) is 0. The summed E-state index contributed by atoms with van der Waals surface area (Å²) in [6, 6.07) is 18.4. The van der Waals surface area contributed by atoms with Gasteiger partial charge in [0.1, 0.15) is 6.10 Å². The summed E-state index contributed by atoms with van der Waals surface area (Å²) in [5, 5.41) is 0. The standard InChI is InChI=1S/C23H20N2O4/c26-21-17-15-11-12-16(18(17)22(27)25(21)14-9-5-2-6-10-14)20-19(15)24(23(28)29-20)13-7-3-1-4-8-13/h1-10,15-20H,11-12H2/t15-,16-,17+,18-,19?,20?/m0/s1. The highest BCUT2D eigenvalue weighted by atomic mass is 16.6. The molecule has 0 N–H and O–H groups in total. The topological polar surface area (TPSA) is 66.9 Å². The van der Waals surface area contributed by atoms with Crippen molar-refractivity contribution in [3.8, 4) is 0 Å². The van der Waals surface area contributed by atoms with Gasteiger partial charge < -0.3 is 4.74 Å². The minimum absolute atomic E-state index is 0.0770. The third-order valence-electron chi connectivity index (χ3n) is 7.13. The number of fused-ring (bicyclic) bond motifs is 1. The second-order valence-electron chi connectivity index (χ2n) is 8.35. The van der Waals surface area contributed by atoms with Crippen LogP contribution in [0, 0.1) is 23.7 Å². The number of anilines is 2. The van der Waals surface area contributed by atoms with Crippen LogP contribution in [0.4, 0.5) is 16.2 Å². The maximum absolute atomic E-state index is 13.4. The van der Waals surface area contributed by atoms with E-state index < -0.39 is 5.92 Å². The molecule has 7 rings (SSSR count). The number of benzene rings is 2. The van der Waals surface area contributed by atoms with E-state index in [1.807, 2.05) is 48.5 Å². The van der Waals surface area contributed by atoms with Crippen molar-refractivity contribution in [2.75, 3.05) is 9.80 Å². The van der Waals surface area contributed by atoms with Gasteiger partial charge in [0.15, 0.2) is 0 Å². The highest BCUT2D eigenvalue weighted by molar-refractivity contribution is 6.22. The van der Waals surface area contributed by atoms with E-state index in [1.165, 1.54) is 4.90 Å². The average molecular weight is 388 g/mol. The quantitative estimate of drug-likeness (QED) is 0.741. The molecule has 2 bridgehead atoms. The SMILES string of the molecule is O=C1[C@@H]2[C@H](C(=O)N1c1ccccc1)[C@@H]1CC[C@@H]2C2OC(=O)N(c3ccccc3)C21. The van der Waals surface area contributed by atoms with E-state index in [4.69, 9.17) is 4.74 Å². The van der Waals surface area contributed by atoms with Crippen LogP contribution in [0.25, 0.3) is 0 Å². The van der Waals surface area contributed by atoms with Crippen LogP contribution in [0.2, 0.25) is 0 Å². The van der Waals surface area contributed by atoms with Gasteiger partial charge in [-0.1, -0.05) is 36.4 Å². The lowest BCUT2D eigenvalue weighted by Gasteiger charge is -2.50. The van der Waals surface area contributed by atoms with Crippen molar-refractivity contribution in [1.29, 1.82) is 0 Å². The summed E-state index contributed by atoms with van der Waals surface area (Å²) in [5.74, 6) is -1.25. The Hall–Kier alpha value is -3.15. The summed E-state index contributed by atoms with van der Waals surface area (Å²) >= 11 is 0. The Morgan fingerprint density at radius 3 is 1.93 bits per heavy atom. The first-order valence-electron chi connectivity index (χ1n) is 10.1. The normalized spacial score (nSPS) is 35.0. The first-order chi connectivity index (χ1) is 14.2. The number of carbonyl (C=O) groups excluding carboxylic acids is 3. The number of nitrogens with zero attached hydrogens (tertiary/aromatic N) is 2. The average Bonchev–Trinajstić information content (AvgIpc) is 3.25. The van der Waals surface area contributed by atoms with E-state index in [2.05, 4.69) is 0 Å². The number of rotatable bonds is 2. The van der Waals surface area contributed by atoms with Gasteiger partial charge >= 0.3 is 6.09 Å². The Morgan fingerprint density at radius 1 is 0.724 bits per heavy atom. The predicted octanol–water partition coefficient (Wildman–Crippen LogP) is 3.23. The number of ether oxygens (including phenoxy) is 1. The molecule has 146 valence electrons. The molecule has 6 nitrogen and oxygen atoms in total. The Labute approximate surface area is 168 Å². The maximum Gasteiger partial charge on any atom is 0.415 e. The Balaban J connectivity index is 1.42. The van der Waals surface area contributed by atoms with E-state index in [1.54, 1.807) is 17.0 Å². The molecule has 5 aliphatic rings. The van der Waals surface area contributed by atoms with Crippen LogP contribution in [-0.4, -0.2) is 30.1 Å². The first-order valence-corrected chi connectivity index (χ1v) is 10.1. The molecule has 3 amide bonds. The van der Waals surface area contributed by atoms with Crippen molar-refractivity contribution in [2.24, 2.45) is 23.7 Å². The van der Waals surface area contributed by atoms with Gasteiger partial charge in [-0.15, -0.1) is 0 Å². The molecule has 6 heteroatoms. The molecular formula is C23H20N2O4. The van der Waals surface area contributed by atoms with E-state index in [0.29, 0.717) is 5.69 Å². The van der Waals surface area contributed by atoms with Crippen LogP contribution in [0.15, 0.2) is 60.7 Å². The molecule has 2 heterocycles. The fourth-order valence-corrected chi connectivity index (χ4v) is 6.09. The summed E-state index contributed by atoms with van der Waals surface area (Å²) in [4.78, 5) is 42.5. The number of para-hydroxylation sites is 2. The molecule has 5 fully saturated rings. The summed E-state index contributed by atoms with van der Waals surface area (Å²) in [6.07, 6.45) is 0.928. The van der Waals surface area contributed by atoms with Crippen LogP contribution in [0.3, 0.4) is 0 Å². The number of amides is 3. The van der Waals surface area contributed by atoms with Crippen LogP contribution in [-0.2, 0) is 14.3 Å². The molecule has 29 heavy (non-hydrogen) atoms. The third-order valence-corrected chi connectivity index (χ3v) is 7.13. The Kier molecular flexibility index (Phi) is 3.43. The van der Waals surface area contributed by atoms with Gasteiger partial charge in [0.2, 0.25) is 11.8 Å². The molecular weight excluding hydrogens is 368 g/mol. The fourth-order valence-electron chi connectivity index (χ4n) is 6.09. The van der Waals surface area contributed by atoms with Gasteiger partial charge in [0.25, 0.3) is 0 Å². The van der Waals surface area contributed by atoms with Gasteiger partial charge in [0.05, 0.1) is 23.6 Å². The van der Waals surface area contributed by atoms with Crippen molar-refractivity contribution in [2.45, 2.75) is 25.0 Å². The van der Waals surface area contributed by atoms with Crippen LogP contribution < -0.4 is 9.80 Å². The zero-order valence-corrected chi connectivity index (χ0v) is 15.7. The van der Waals surface area contributed by atoms with Crippen LogP contribution >= 0.6 is 0 Å². The highest BCUT2D eigenvalue weighted by Gasteiger charge is 2.68. The third kappa shape index (κ3) is 2.14. The van der Waals surface area contributed by atoms with Crippen molar-refractivity contribution < 1.29 is 19.1 Å². The zero-order valence-electron chi connectivity index (χ0n) is 15.7. The monoisotopic (exact) mass is 388 g/mol. The predicted molar refractivity (Wildman–Crippen MR) is 105 cm³/mol. The molecule has 2 unspecified atom stereocenters. The molecule has 2 aliphatic heterocycles. The number of imide groups is 1. The molecule has 6 atom stereocenters. The summed E-state index contributed by atoms with van der Waals surface area (Å²) < 4.78 is 5.80. The first kappa shape index (κ1) is 16.8. The lowest BCUT2D eigenvalue weighted by atomic mass is 9.56. The fraction of sp³-hybridized carbons (Fsp3) is 0.348. The second-order valence-corrected chi connectivity index (χ2v) is 8.35. The lowest BCUT2D eigenvalue weighted by Crippen LogP contribution is -2.60. The van der Waals surface area contributed by atoms with Gasteiger partial charge in [0, 0.05) is 11.6 Å². The molecule has 3 aliphatic carbocycles. The smallest absolute Gasteiger partial charge is 0.415 e. The minimum atomic E-state index is -0.397. The molecule has 2 saturated heterocycles. The van der Waals surface area contributed by atoms with E-state index in [9.17, 15) is 14.4 Å². The van der Waals surface area contributed by atoms with Crippen molar-refractivity contribution >= 4 is 29.3 Å². The number of hydrogen-bond acceptors (Lipinski definition) is 4. The second kappa shape index (κ2) is 5.92. The Bertz CT molecular complexity index is 1010. The summed E-state index contributed by atoms with van der Waals surface area (Å²) in [6.45, 7) is 0. The molecule has 0 spiro atoms. The molecule has 3 saturated carbocycles. The van der Waals surface area contributed by atoms with Crippen molar-refractivity contribution in [1.82, 2.24) is 0 Å². The molecule has 0 radical (unpaired) electrons. The van der Waals surface area contributed by atoms with E-state index >= 15 is 0 Å². The number of carbonyl (C=O) groups is 3. The van der Waals surface area contributed by atoms with Gasteiger partial charge in [-0.05, 0) is 43.0 Å². The molecule has 2 aromatic rings.